The summed E-state index contributed by atoms with van der Waals surface area (Å²) in [6.07, 6.45) is 2.67. The second-order valence-electron chi connectivity index (χ2n) is 6.54. The maximum absolute atomic E-state index is 13.2. The van der Waals surface area contributed by atoms with Gasteiger partial charge in [-0.1, -0.05) is 30.7 Å². The van der Waals surface area contributed by atoms with Crippen LogP contribution in [0.5, 0.6) is 0 Å². The van der Waals surface area contributed by atoms with Gasteiger partial charge in [-0.15, -0.1) is 0 Å². The van der Waals surface area contributed by atoms with E-state index < -0.39 is 0 Å². The highest BCUT2D eigenvalue weighted by atomic mass is 19.1. The fraction of sp³-hybridized carbons (Fsp3) is 0.350. The standard InChI is InChI=1S/C20H22F2N2O/c1-24-18(13-23-20(24)25)3-2-4-19(14-5-9-16(21)10-6-14)15-7-11-17(22)12-8-15/h5-12,18-19H,2-4,13H2,1H3,(H,23,25). The Morgan fingerprint density at radius 3 is 2.00 bits per heavy atom. The maximum atomic E-state index is 13.2. The molecule has 1 fully saturated rings. The third kappa shape index (κ3) is 4.16. The lowest BCUT2D eigenvalue weighted by Crippen LogP contribution is -2.29. The lowest BCUT2D eigenvalue weighted by Gasteiger charge is -2.21. The summed E-state index contributed by atoms with van der Waals surface area (Å²) < 4.78 is 26.5. The molecule has 3 rings (SSSR count). The molecule has 2 amide bonds. The number of hydrogen-bond donors (Lipinski definition) is 1. The van der Waals surface area contributed by atoms with Gasteiger partial charge in [0.15, 0.2) is 0 Å². The van der Waals surface area contributed by atoms with E-state index >= 15 is 0 Å². The number of rotatable bonds is 6. The molecule has 25 heavy (non-hydrogen) atoms. The number of halogens is 2. The quantitative estimate of drug-likeness (QED) is 0.833. The van der Waals surface area contributed by atoms with Crippen molar-refractivity contribution < 1.29 is 13.6 Å². The summed E-state index contributed by atoms with van der Waals surface area (Å²) in [6.45, 7) is 0.674. The first-order chi connectivity index (χ1) is 12.0. The van der Waals surface area contributed by atoms with Gasteiger partial charge in [-0.3, -0.25) is 0 Å². The predicted octanol–water partition coefficient (Wildman–Crippen LogP) is 4.29. The number of urea groups is 1. The van der Waals surface area contributed by atoms with Gasteiger partial charge in [0.05, 0.1) is 6.04 Å². The molecular formula is C20H22F2N2O. The van der Waals surface area contributed by atoms with Crippen LogP contribution in [0.2, 0.25) is 0 Å². The molecule has 0 saturated carbocycles. The normalized spacial score (nSPS) is 17.2. The molecule has 3 nitrogen and oxygen atoms in total. The Hall–Kier alpha value is -2.43. The van der Waals surface area contributed by atoms with Crippen molar-refractivity contribution in [2.45, 2.75) is 31.2 Å². The molecule has 0 bridgehead atoms. The molecule has 1 N–H and O–H groups in total. The van der Waals surface area contributed by atoms with E-state index in [1.54, 1.807) is 29.2 Å². The summed E-state index contributed by atoms with van der Waals surface area (Å²) in [5.41, 5.74) is 2.03. The summed E-state index contributed by atoms with van der Waals surface area (Å²) in [4.78, 5) is 13.3. The molecule has 0 spiro atoms. The molecule has 1 unspecified atom stereocenters. The van der Waals surface area contributed by atoms with Crippen LogP contribution >= 0.6 is 0 Å². The van der Waals surface area contributed by atoms with Crippen LogP contribution in [-0.4, -0.2) is 30.6 Å². The van der Waals surface area contributed by atoms with Gasteiger partial charge in [0, 0.05) is 19.5 Å². The van der Waals surface area contributed by atoms with Crippen molar-refractivity contribution >= 4 is 6.03 Å². The molecule has 2 aromatic rings. The largest absolute Gasteiger partial charge is 0.336 e. The van der Waals surface area contributed by atoms with Crippen LogP contribution in [0.25, 0.3) is 0 Å². The summed E-state index contributed by atoms with van der Waals surface area (Å²) in [5, 5.41) is 2.84. The Kier molecular flexibility index (Phi) is 5.31. The van der Waals surface area contributed by atoms with Crippen LogP contribution in [0.4, 0.5) is 13.6 Å². The molecule has 0 aromatic heterocycles. The third-order valence-electron chi connectivity index (χ3n) is 4.93. The smallest absolute Gasteiger partial charge is 0.317 e. The zero-order chi connectivity index (χ0) is 17.8. The molecule has 0 radical (unpaired) electrons. The SMILES string of the molecule is CN1C(=O)NCC1CCCC(c1ccc(F)cc1)c1ccc(F)cc1. The Labute approximate surface area is 146 Å². The van der Waals surface area contributed by atoms with Crippen LogP contribution in [0.3, 0.4) is 0 Å². The lowest BCUT2D eigenvalue weighted by molar-refractivity contribution is 0.214. The molecule has 1 aliphatic heterocycles. The van der Waals surface area contributed by atoms with Crippen molar-refractivity contribution in [3.05, 3.63) is 71.3 Å². The van der Waals surface area contributed by atoms with Gasteiger partial charge in [0.1, 0.15) is 11.6 Å². The Morgan fingerprint density at radius 2 is 1.56 bits per heavy atom. The van der Waals surface area contributed by atoms with Gasteiger partial charge in [-0.05, 0) is 48.2 Å². The number of carbonyl (C=O) groups is 1. The maximum Gasteiger partial charge on any atom is 0.317 e. The van der Waals surface area contributed by atoms with Crippen molar-refractivity contribution in [1.29, 1.82) is 0 Å². The van der Waals surface area contributed by atoms with E-state index in [1.165, 1.54) is 24.3 Å². The second-order valence-corrected chi connectivity index (χ2v) is 6.54. The van der Waals surface area contributed by atoms with Crippen LogP contribution in [0.1, 0.15) is 36.3 Å². The average Bonchev–Trinajstić information content (AvgIpc) is 2.93. The van der Waals surface area contributed by atoms with E-state index in [9.17, 15) is 13.6 Å². The van der Waals surface area contributed by atoms with Crippen molar-refractivity contribution in [3.8, 4) is 0 Å². The molecular weight excluding hydrogens is 322 g/mol. The van der Waals surface area contributed by atoms with E-state index in [1.807, 2.05) is 7.05 Å². The minimum absolute atomic E-state index is 0.0291. The minimum Gasteiger partial charge on any atom is -0.336 e. The second kappa shape index (κ2) is 7.64. The van der Waals surface area contributed by atoms with E-state index in [-0.39, 0.29) is 29.6 Å². The first-order valence-electron chi connectivity index (χ1n) is 8.56. The molecule has 132 valence electrons. The number of carbonyl (C=O) groups excluding carboxylic acids is 1. The van der Waals surface area contributed by atoms with Crippen molar-refractivity contribution in [1.82, 2.24) is 10.2 Å². The Morgan fingerprint density at radius 1 is 1.04 bits per heavy atom. The molecule has 5 heteroatoms. The van der Waals surface area contributed by atoms with E-state index in [2.05, 4.69) is 5.32 Å². The van der Waals surface area contributed by atoms with Gasteiger partial charge in [0.25, 0.3) is 0 Å². The molecule has 1 atom stereocenters. The van der Waals surface area contributed by atoms with Crippen LogP contribution < -0.4 is 5.32 Å². The van der Waals surface area contributed by atoms with Gasteiger partial charge in [-0.25, -0.2) is 13.6 Å². The molecule has 1 heterocycles. The third-order valence-corrected chi connectivity index (χ3v) is 4.93. The van der Waals surface area contributed by atoms with E-state index in [4.69, 9.17) is 0 Å². The van der Waals surface area contributed by atoms with E-state index in [0.29, 0.717) is 6.54 Å². The average molecular weight is 344 g/mol. The molecule has 1 saturated heterocycles. The van der Waals surface area contributed by atoms with Gasteiger partial charge >= 0.3 is 6.03 Å². The highest BCUT2D eigenvalue weighted by Crippen LogP contribution is 2.31. The Bertz CT molecular complexity index is 670. The number of amides is 2. The number of likely N-dealkylation sites (N-methyl/N-ethyl adjacent to an activating group) is 1. The van der Waals surface area contributed by atoms with Gasteiger partial charge in [0.2, 0.25) is 0 Å². The molecule has 2 aromatic carbocycles. The van der Waals surface area contributed by atoms with Crippen molar-refractivity contribution in [2.75, 3.05) is 13.6 Å². The van der Waals surface area contributed by atoms with Crippen molar-refractivity contribution in [2.24, 2.45) is 0 Å². The monoisotopic (exact) mass is 344 g/mol. The lowest BCUT2D eigenvalue weighted by atomic mass is 9.86. The summed E-state index contributed by atoms with van der Waals surface area (Å²) in [5.74, 6) is -0.450. The number of nitrogens with one attached hydrogen (secondary N) is 1. The number of benzene rings is 2. The van der Waals surface area contributed by atoms with Gasteiger partial charge < -0.3 is 10.2 Å². The minimum atomic E-state index is -0.265. The highest BCUT2D eigenvalue weighted by molar-refractivity contribution is 5.76. The first-order valence-corrected chi connectivity index (χ1v) is 8.56. The Balaban J connectivity index is 1.71. The first kappa shape index (κ1) is 17.4. The van der Waals surface area contributed by atoms with Crippen LogP contribution in [-0.2, 0) is 0 Å². The van der Waals surface area contributed by atoms with Crippen molar-refractivity contribution in [3.63, 3.8) is 0 Å². The fourth-order valence-corrected chi connectivity index (χ4v) is 3.40. The van der Waals surface area contributed by atoms with Gasteiger partial charge in [-0.2, -0.15) is 0 Å². The molecule has 0 aliphatic carbocycles. The van der Waals surface area contributed by atoms with Crippen LogP contribution in [0.15, 0.2) is 48.5 Å². The highest BCUT2D eigenvalue weighted by Gasteiger charge is 2.26. The number of hydrogen-bond acceptors (Lipinski definition) is 1. The summed E-state index contributed by atoms with van der Waals surface area (Å²) >= 11 is 0. The number of nitrogens with zero attached hydrogens (tertiary/aromatic N) is 1. The fourth-order valence-electron chi connectivity index (χ4n) is 3.40. The summed E-state index contributed by atoms with van der Waals surface area (Å²) in [6, 6.07) is 13.2. The topological polar surface area (TPSA) is 32.3 Å². The predicted molar refractivity (Wildman–Crippen MR) is 93.4 cm³/mol. The zero-order valence-electron chi connectivity index (χ0n) is 14.2. The van der Waals surface area contributed by atoms with Crippen LogP contribution in [0, 0.1) is 11.6 Å². The summed E-state index contributed by atoms with van der Waals surface area (Å²) in [7, 11) is 1.81. The zero-order valence-corrected chi connectivity index (χ0v) is 14.2. The van der Waals surface area contributed by atoms with E-state index in [0.717, 1.165) is 30.4 Å². The molecule has 1 aliphatic rings.